The fourth-order valence-corrected chi connectivity index (χ4v) is 3.04. The number of hydrogen-bond donors (Lipinski definition) is 1. The molecular weight excluding hydrogens is 355 g/mol. The summed E-state index contributed by atoms with van der Waals surface area (Å²) in [5, 5.41) is 3.83. The molecule has 1 aliphatic heterocycles. The summed E-state index contributed by atoms with van der Waals surface area (Å²) in [4.78, 5) is 2.40. The van der Waals surface area contributed by atoms with Crippen LogP contribution in [-0.4, -0.2) is 44.3 Å². The van der Waals surface area contributed by atoms with Gasteiger partial charge in [-0.2, -0.15) is 0 Å². The van der Waals surface area contributed by atoms with Crippen molar-refractivity contribution in [3.8, 4) is 5.75 Å². The molecule has 6 heteroatoms. The number of nitrogens with one attached hydrogen (secondary N) is 1. The van der Waals surface area contributed by atoms with E-state index in [4.69, 9.17) is 21.1 Å². The first-order valence-corrected chi connectivity index (χ1v) is 9.25. The molecule has 0 unspecified atom stereocenters. The number of morpholine rings is 1. The molecule has 140 valence electrons. The van der Waals surface area contributed by atoms with Gasteiger partial charge >= 0.3 is 0 Å². The van der Waals surface area contributed by atoms with Crippen LogP contribution in [0.15, 0.2) is 42.5 Å². The van der Waals surface area contributed by atoms with Gasteiger partial charge in [0.05, 0.1) is 18.2 Å². The van der Waals surface area contributed by atoms with Gasteiger partial charge in [0, 0.05) is 38.3 Å². The normalized spacial score (nSPS) is 15.2. The standard InChI is InChI=1S/C20H24ClFN2O2/c21-19-2-1-3-20(22)18(19)15-26-17-6-4-16(5-7-17)14-23-8-9-24-10-12-25-13-11-24/h1-7,23H,8-15H2. The summed E-state index contributed by atoms with van der Waals surface area (Å²) >= 11 is 6.01. The van der Waals surface area contributed by atoms with Crippen molar-refractivity contribution in [3.05, 3.63) is 64.4 Å². The number of ether oxygens (including phenoxy) is 2. The minimum absolute atomic E-state index is 0.114. The van der Waals surface area contributed by atoms with Gasteiger partial charge in [0.2, 0.25) is 0 Å². The summed E-state index contributed by atoms with van der Waals surface area (Å²) in [6, 6.07) is 12.5. The lowest BCUT2D eigenvalue weighted by molar-refractivity contribution is 0.0384. The van der Waals surface area contributed by atoms with Crippen LogP contribution in [0.4, 0.5) is 4.39 Å². The Labute approximate surface area is 158 Å². The summed E-state index contributed by atoms with van der Waals surface area (Å²) in [6.45, 7) is 6.60. The van der Waals surface area contributed by atoms with E-state index in [9.17, 15) is 4.39 Å². The maximum atomic E-state index is 13.7. The molecule has 1 heterocycles. The van der Waals surface area contributed by atoms with E-state index in [-0.39, 0.29) is 12.4 Å². The van der Waals surface area contributed by atoms with E-state index in [1.165, 1.54) is 11.6 Å². The van der Waals surface area contributed by atoms with Gasteiger partial charge in [0.15, 0.2) is 0 Å². The van der Waals surface area contributed by atoms with Crippen LogP contribution in [0.5, 0.6) is 5.75 Å². The molecule has 1 fully saturated rings. The quantitative estimate of drug-likeness (QED) is 0.713. The van der Waals surface area contributed by atoms with E-state index in [1.54, 1.807) is 12.1 Å². The van der Waals surface area contributed by atoms with Gasteiger partial charge in [0.25, 0.3) is 0 Å². The van der Waals surface area contributed by atoms with E-state index < -0.39 is 0 Å². The second kappa shape index (κ2) is 9.88. The highest BCUT2D eigenvalue weighted by molar-refractivity contribution is 6.31. The average Bonchev–Trinajstić information content (AvgIpc) is 2.67. The van der Waals surface area contributed by atoms with Crippen LogP contribution in [0.3, 0.4) is 0 Å². The lowest BCUT2D eigenvalue weighted by atomic mass is 10.2. The zero-order chi connectivity index (χ0) is 18.2. The van der Waals surface area contributed by atoms with Gasteiger partial charge < -0.3 is 14.8 Å². The van der Waals surface area contributed by atoms with Crippen molar-refractivity contribution in [3.63, 3.8) is 0 Å². The molecular formula is C20H24ClFN2O2. The highest BCUT2D eigenvalue weighted by Gasteiger charge is 2.09. The lowest BCUT2D eigenvalue weighted by Crippen LogP contribution is -2.40. The third-order valence-corrected chi connectivity index (χ3v) is 4.76. The third kappa shape index (κ3) is 5.68. The minimum Gasteiger partial charge on any atom is -0.489 e. The average molecular weight is 379 g/mol. The SMILES string of the molecule is Fc1cccc(Cl)c1COc1ccc(CNCCN2CCOCC2)cc1. The molecule has 0 bridgehead atoms. The molecule has 2 aromatic carbocycles. The van der Waals surface area contributed by atoms with E-state index in [0.717, 1.165) is 45.9 Å². The van der Waals surface area contributed by atoms with Crippen molar-refractivity contribution in [1.29, 1.82) is 0 Å². The molecule has 26 heavy (non-hydrogen) atoms. The van der Waals surface area contributed by atoms with Gasteiger partial charge in [-0.05, 0) is 29.8 Å². The molecule has 0 radical (unpaired) electrons. The molecule has 0 aliphatic carbocycles. The molecule has 3 rings (SSSR count). The molecule has 0 saturated carbocycles. The summed E-state index contributed by atoms with van der Waals surface area (Å²) in [7, 11) is 0. The van der Waals surface area contributed by atoms with Crippen molar-refractivity contribution in [2.45, 2.75) is 13.2 Å². The Morgan fingerprint density at radius 1 is 1.12 bits per heavy atom. The number of benzene rings is 2. The van der Waals surface area contributed by atoms with E-state index in [1.807, 2.05) is 24.3 Å². The van der Waals surface area contributed by atoms with Crippen LogP contribution < -0.4 is 10.1 Å². The van der Waals surface area contributed by atoms with Gasteiger partial charge in [0.1, 0.15) is 18.2 Å². The van der Waals surface area contributed by atoms with Crippen LogP contribution in [-0.2, 0) is 17.9 Å². The fourth-order valence-electron chi connectivity index (χ4n) is 2.82. The smallest absolute Gasteiger partial charge is 0.131 e. The Balaban J connectivity index is 1.40. The van der Waals surface area contributed by atoms with Crippen LogP contribution >= 0.6 is 11.6 Å². The molecule has 0 aromatic heterocycles. The second-order valence-corrected chi connectivity index (χ2v) is 6.67. The predicted molar refractivity (Wildman–Crippen MR) is 101 cm³/mol. The first-order chi connectivity index (χ1) is 12.7. The van der Waals surface area contributed by atoms with Crippen molar-refractivity contribution in [1.82, 2.24) is 10.2 Å². The molecule has 0 amide bonds. The molecule has 0 spiro atoms. The first-order valence-electron chi connectivity index (χ1n) is 8.88. The Kier molecular flexibility index (Phi) is 7.26. The lowest BCUT2D eigenvalue weighted by Gasteiger charge is -2.26. The Morgan fingerprint density at radius 2 is 1.88 bits per heavy atom. The zero-order valence-electron chi connectivity index (χ0n) is 14.7. The third-order valence-electron chi connectivity index (χ3n) is 4.41. The Morgan fingerprint density at radius 3 is 2.62 bits per heavy atom. The van der Waals surface area contributed by atoms with Gasteiger partial charge in [-0.25, -0.2) is 4.39 Å². The van der Waals surface area contributed by atoms with Gasteiger partial charge in [-0.3, -0.25) is 4.90 Å². The maximum absolute atomic E-state index is 13.7. The number of rotatable bonds is 8. The molecule has 4 nitrogen and oxygen atoms in total. The van der Waals surface area contributed by atoms with Crippen LogP contribution in [0.2, 0.25) is 5.02 Å². The number of nitrogens with zero attached hydrogens (tertiary/aromatic N) is 1. The van der Waals surface area contributed by atoms with Crippen molar-refractivity contribution >= 4 is 11.6 Å². The van der Waals surface area contributed by atoms with Crippen molar-refractivity contribution < 1.29 is 13.9 Å². The summed E-state index contributed by atoms with van der Waals surface area (Å²) < 4.78 is 24.7. The summed E-state index contributed by atoms with van der Waals surface area (Å²) in [5.74, 6) is 0.347. The second-order valence-electron chi connectivity index (χ2n) is 6.26. The highest BCUT2D eigenvalue weighted by atomic mass is 35.5. The van der Waals surface area contributed by atoms with Crippen molar-refractivity contribution in [2.24, 2.45) is 0 Å². The maximum Gasteiger partial charge on any atom is 0.131 e. The minimum atomic E-state index is -0.349. The summed E-state index contributed by atoms with van der Waals surface area (Å²) in [6.07, 6.45) is 0. The molecule has 1 aliphatic rings. The molecule has 1 saturated heterocycles. The van der Waals surface area contributed by atoms with Gasteiger partial charge in [-0.15, -0.1) is 0 Å². The van der Waals surface area contributed by atoms with E-state index in [0.29, 0.717) is 16.3 Å². The fraction of sp³-hybridized carbons (Fsp3) is 0.400. The number of hydrogen-bond acceptors (Lipinski definition) is 4. The van der Waals surface area contributed by atoms with E-state index >= 15 is 0 Å². The Bertz CT molecular complexity index is 670. The molecule has 1 N–H and O–H groups in total. The van der Waals surface area contributed by atoms with Crippen LogP contribution in [0.1, 0.15) is 11.1 Å². The molecule has 2 aromatic rings. The summed E-state index contributed by atoms with van der Waals surface area (Å²) in [5.41, 5.74) is 1.56. The highest BCUT2D eigenvalue weighted by Crippen LogP contribution is 2.21. The van der Waals surface area contributed by atoms with Gasteiger partial charge in [-0.1, -0.05) is 29.8 Å². The van der Waals surface area contributed by atoms with Crippen molar-refractivity contribution in [2.75, 3.05) is 39.4 Å². The predicted octanol–water partition coefficient (Wildman–Crippen LogP) is 3.48. The largest absolute Gasteiger partial charge is 0.489 e. The van der Waals surface area contributed by atoms with Crippen LogP contribution in [0.25, 0.3) is 0 Å². The molecule has 0 atom stereocenters. The topological polar surface area (TPSA) is 33.7 Å². The Hall–Kier alpha value is -1.66. The van der Waals surface area contributed by atoms with Crippen LogP contribution in [0, 0.1) is 5.82 Å². The first kappa shape index (κ1) is 19.1. The monoisotopic (exact) mass is 378 g/mol. The number of halogens is 2. The van der Waals surface area contributed by atoms with E-state index in [2.05, 4.69) is 10.2 Å². The zero-order valence-corrected chi connectivity index (χ0v) is 15.5.